The van der Waals surface area contributed by atoms with E-state index in [-0.39, 0.29) is 11.5 Å². The molecule has 8 nitrogen and oxygen atoms in total. The lowest BCUT2D eigenvalue weighted by molar-refractivity contribution is -0.113. The lowest BCUT2D eigenvalue weighted by Gasteiger charge is -2.18. The number of aryl methyl sites for hydroxylation is 1. The van der Waals surface area contributed by atoms with Crippen LogP contribution in [-0.2, 0) is 24.8 Å². The summed E-state index contributed by atoms with van der Waals surface area (Å²) in [6.45, 7) is 4.56. The second-order valence-corrected chi connectivity index (χ2v) is 10.3. The first kappa shape index (κ1) is 23.3. The Balaban J connectivity index is 1.14. The Morgan fingerprint density at radius 1 is 1.26 bits per heavy atom. The molecule has 0 saturated carbocycles. The van der Waals surface area contributed by atoms with Gasteiger partial charge >= 0.3 is 0 Å². The molecule has 2 aliphatic heterocycles. The van der Waals surface area contributed by atoms with Crippen molar-refractivity contribution < 1.29 is 4.79 Å². The van der Waals surface area contributed by atoms with E-state index in [9.17, 15) is 9.59 Å². The third-order valence-electron chi connectivity index (χ3n) is 6.50. The van der Waals surface area contributed by atoms with Crippen LogP contribution in [0.1, 0.15) is 17.7 Å². The summed E-state index contributed by atoms with van der Waals surface area (Å²) in [5, 5.41) is 6.99. The topological polar surface area (TPSA) is 92.2 Å². The molecular formula is C24H27ClN6O2S. The predicted molar refractivity (Wildman–Crippen MR) is 136 cm³/mol. The highest BCUT2D eigenvalue weighted by atomic mass is 35.5. The van der Waals surface area contributed by atoms with Gasteiger partial charge in [-0.05, 0) is 55.6 Å². The van der Waals surface area contributed by atoms with Crippen molar-refractivity contribution >= 4 is 46.1 Å². The molecule has 0 radical (unpaired) electrons. The van der Waals surface area contributed by atoms with Gasteiger partial charge in [-0.25, -0.2) is 4.98 Å². The number of hydrogen-bond donors (Lipinski definition) is 2. The molecule has 1 atom stereocenters. The predicted octanol–water partition coefficient (Wildman–Crippen LogP) is 2.68. The molecule has 2 N–H and O–H groups in total. The number of anilines is 1. The molecule has 0 spiro atoms. The Morgan fingerprint density at radius 3 is 3.03 bits per heavy atom. The van der Waals surface area contributed by atoms with Crippen LogP contribution in [0.2, 0.25) is 5.02 Å². The zero-order valence-corrected chi connectivity index (χ0v) is 20.6. The second kappa shape index (κ2) is 10.0. The lowest BCUT2D eigenvalue weighted by atomic mass is 10.1. The van der Waals surface area contributed by atoms with Crippen molar-refractivity contribution in [3.63, 3.8) is 0 Å². The molecule has 1 saturated heterocycles. The second-order valence-electron chi connectivity index (χ2n) is 8.87. The number of halogens is 1. The van der Waals surface area contributed by atoms with Crippen LogP contribution in [0, 0.1) is 5.92 Å². The van der Waals surface area contributed by atoms with E-state index in [4.69, 9.17) is 11.6 Å². The van der Waals surface area contributed by atoms with E-state index in [0.29, 0.717) is 29.1 Å². The average Bonchev–Trinajstić information content (AvgIpc) is 3.28. The average molecular weight is 499 g/mol. The molecule has 10 heteroatoms. The molecule has 1 amide bonds. The Bertz CT molecular complexity index is 1300. The van der Waals surface area contributed by atoms with Gasteiger partial charge in [-0.1, -0.05) is 11.6 Å². The summed E-state index contributed by atoms with van der Waals surface area (Å²) in [5.74, 6) is 1.70. The highest BCUT2D eigenvalue weighted by molar-refractivity contribution is 8.00. The molecular weight excluding hydrogens is 472 g/mol. The summed E-state index contributed by atoms with van der Waals surface area (Å²) in [7, 11) is 1.77. The van der Waals surface area contributed by atoms with E-state index < -0.39 is 0 Å². The zero-order valence-electron chi connectivity index (χ0n) is 19.0. The first-order valence-electron chi connectivity index (χ1n) is 11.5. The molecule has 5 rings (SSSR count). The molecule has 0 bridgehead atoms. The van der Waals surface area contributed by atoms with Gasteiger partial charge in [-0.3, -0.25) is 14.6 Å². The number of pyridine rings is 3. The third-order valence-corrected chi connectivity index (χ3v) is 7.88. The van der Waals surface area contributed by atoms with E-state index in [2.05, 4.69) is 25.5 Å². The molecule has 0 unspecified atom stereocenters. The summed E-state index contributed by atoms with van der Waals surface area (Å²) >= 11 is 8.01. The van der Waals surface area contributed by atoms with Crippen LogP contribution in [0.15, 0.2) is 40.2 Å². The summed E-state index contributed by atoms with van der Waals surface area (Å²) in [6.07, 6.45) is 3.60. The highest BCUT2D eigenvalue weighted by Gasteiger charge is 2.23. The Morgan fingerprint density at radius 2 is 2.15 bits per heavy atom. The van der Waals surface area contributed by atoms with E-state index in [1.54, 1.807) is 29.9 Å². The van der Waals surface area contributed by atoms with Crippen LogP contribution in [0.4, 0.5) is 5.82 Å². The Labute approximate surface area is 207 Å². The van der Waals surface area contributed by atoms with Gasteiger partial charge in [0.25, 0.3) is 5.56 Å². The van der Waals surface area contributed by atoms with Gasteiger partial charge in [-0.15, -0.1) is 11.8 Å². The molecule has 2 aliphatic rings. The summed E-state index contributed by atoms with van der Waals surface area (Å²) < 4.78 is 1.64. The van der Waals surface area contributed by atoms with Gasteiger partial charge in [0.2, 0.25) is 5.91 Å². The standard InChI is InChI=1S/C24H27ClN6O2S/c1-30-22(33)5-3-19-23(30)17(18(25)12-27-19)7-9-31-8-6-15(13-31)10-26-11-16-2-4-20-24(28-16)29-21(32)14-34-20/h2-5,12,15,26H,6-11,13-14H2,1H3,(H,28,29,32)/t15-/m1/s1. The Hall–Kier alpha value is -2.46. The molecule has 0 aromatic carbocycles. The molecule has 34 heavy (non-hydrogen) atoms. The molecule has 3 aromatic heterocycles. The van der Waals surface area contributed by atoms with E-state index in [1.165, 1.54) is 11.8 Å². The maximum atomic E-state index is 12.1. The molecule has 178 valence electrons. The molecule has 3 aromatic rings. The van der Waals surface area contributed by atoms with Crippen molar-refractivity contribution in [3.8, 4) is 0 Å². The van der Waals surface area contributed by atoms with Crippen molar-refractivity contribution in [1.82, 2.24) is 24.8 Å². The zero-order chi connectivity index (χ0) is 23.7. The van der Waals surface area contributed by atoms with Crippen molar-refractivity contribution in [2.24, 2.45) is 13.0 Å². The fourth-order valence-electron chi connectivity index (χ4n) is 4.70. The van der Waals surface area contributed by atoms with Gasteiger partial charge < -0.3 is 20.1 Å². The SMILES string of the molecule is Cn1c(=O)ccc2ncc(Cl)c(CCN3CC[C@H](CNCc4ccc5c(n4)NC(=O)CS5)C3)c21. The number of thioether (sulfide) groups is 1. The lowest BCUT2D eigenvalue weighted by Crippen LogP contribution is -2.28. The number of nitrogens with one attached hydrogen (secondary N) is 2. The number of amides is 1. The van der Waals surface area contributed by atoms with Crippen LogP contribution in [0.25, 0.3) is 11.0 Å². The summed E-state index contributed by atoms with van der Waals surface area (Å²) in [6, 6.07) is 7.36. The first-order chi connectivity index (χ1) is 16.5. The van der Waals surface area contributed by atoms with Gasteiger partial charge in [0.15, 0.2) is 0 Å². The summed E-state index contributed by atoms with van der Waals surface area (Å²) in [5.41, 5.74) is 3.47. The molecule has 0 aliphatic carbocycles. The van der Waals surface area contributed by atoms with Gasteiger partial charge in [0.05, 0.1) is 32.4 Å². The maximum Gasteiger partial charge on any atom is 0.250 e. The third kappa shape index (κ3) is 4.98. The minimum Gasteiger partial charge on any atom is -0.311 e. The number of carbonyl (C=O) groups is 1. The van der Waals surface area contributed by atoms with Gasteiger partial charge in [0.1, 0.15) is 5.82 Å². The first-order valence-corrected chi connectivity index (χ1v) is 12.8. The van der Waals surface area contributed by atoms with Crippen molar-refractivity contribution in [3.05, 3.63) is 57.1 Å². The Kier molecular flexibility index (Phi) is 6.87. The van der Waals surface area contributed by atoms with Crippen molar-refractivity contribution in [2.45, 2.75) is 24.3 Å². The number of likely N-dealkylation sites (tertiary alicyclic amines) is 1. The molecule has 1 fully saturated rings. The maximum absolute atomic E-state index is 12.1. The monoisotopic (exact) mass is 498 g/mol. The number of hydrogen-bond acceptors (Lipinski definition) is 7. The number of aromatic nitrogens is 3. The number of carbonyl (C=O) groups excluding carboxylic acids is 1. The fraction of sp³-hybridized carbons (Fsp3) is 0.417. The number of nitrogens with zero attached hydrogens (tertiary/aromatic N) is 4. The van der Waals surface area contributed by atoms with Crippen molar-refractivity contribution in [2.75, 3.05) is 37.2 Å². The van der Waals surface area contributed by atoms with E-state index >= 15 is 0 Å². The van der Waals surface area contributed by atoms with Crippen LogP contribution >= 0.6 is 23.4 Å². The number of fused-ring (bicyclic) bond motifs is 2. The van der Waals surface area contributed by atoms with E-state index in [0.717, 1.165) is 66.2 Å². The highest BCUT2D eigenvalue weighted by Crippen LogP contribution is 2.29. The smallest absolute Gasteiger partial charge is 0.250 e. The minimum atomic E-state index is -0.0559. The number of rotatable bonds is 7. The van der Waals surface area contributed by atoms with Crippen molar-refractivity contribution in [1.29, 1.82) is 0 Å². The summed E-state index contributed by atoms with van der Waals surface area (Å²) in [4.78, 5) is 36.2. The normalized spacial score (nSPS) is 18.3. The van der Waals surface area contributed by atoms with Crippen LogP contribution in [0.5, 0.6) is 0 Å². The van der Waals surface area contributed by atoms with Crippen LogP contribution in [-0.4, -0.2) is 57.3 Å². The van der Waals surface area contributed by atoms with Gasteiger partial charge in [-0.2, -0.15) is 0 Å². The van der Waals surface area contributed by atoms with Crippen LogP contribution < -0.4 is 16.2 Å². The largest absolute Gasteiger partial charge is 0.311 e. The van der Waals surface area contributed by atoms with Crippen LogP contribution in [0.3, 0.4) is 0 Å². The molecule has 5 heterocycles. The van der Waals surface area contributed by atoms with E-state index in [1.807, 2.05) is 12.1 Å². The fourth-order valence-corrected chi connectivity index (χ4v) is 5.69. The minimum absolute atomic E-state index is 0.00410. The quantitative estimate of drug-likeness (QED) is 0.517. The van der Waals surface area contributed by atoms with Gasteiger partial charge in [0, 0.05) is 38.9 Å².